The summed E-state index contributed by atoms with van der Waals surface area (Å²) >= 11 is 0. The van der Waals surface area contributed by atoms with E-state index < -0.39 is 5.97 Å². The Balaban J connectivity index is 1.81. The minimum absolute atomic E-state index is 0.0688. The average Bonchev–Trinajstić information content (AvgIpc) is 2.88. The van der Waals surface area contributed by atoms with Gasteiger partial charge >= 0.3 is 5.97 Å². The van der Waals surface area contributed by atoms with Gasteiger partial charge in [-0.15, -0.1) is 0 Å². The summed E-state index contributed by atoms with van der Waals surface area (Å²) in [5.41, 5.74) is 3.12. The lowest BCUT2D eigenvalue weighted by molar-refractivity contribution is -0.115. The van der Waals surface area contributed by atoms with Crippen LogP contribution in [0.25, 0.3) is 0 Å². The fraction of sp³-hybridized carbons (Fsp3) is 0.158. The van der Waals surface area contributed by atoms with Crippen molar-refractivity contribution in [3.63, 3.8) is 0 Å². The molecule has 0 fully saturated rings. The molecule has 0 saturated carbocycles. The van der Waals surface area contributed by atoms with Gasteiger partial charge in [0.05, 0.1) is 17.6 Å². The molecule has 1 N–H and O–H groups in total. The zero-order valence-electron chi connectivity index (χ0n) is 13.1. The molecule has 1 amide bonds. The van der Waals surface area contributed by atoms with Gasteiger partial charge in [0.25, 0.3) is 5.91 Å². The van der Waals surface area contributed by atoms with Crippen LogP contribution in [0.3, 0.4) is 0 Å². The van der Waals surface area contributed by atoms with Crippen molar-refractivity contribution in [2.45, 2.75) is 12.1 Å². The SMILES string of the molecule is CN1c2ccccc2C2C1C=CC(=O)N2c1ccc(C(=O)O)cc1. The number of nitrogens with zero attached hydrogens (tertiary/aromatic N) is 2. The minimum Gasteiger partial charge on any atom is -0.478 e. The predicted octanol–water partition coefficient (Wildman–Crippen LogP) is 2.85. The van der Waals surface area contributed by atoms with Crippen LogP contribution in [-0.4, -0.2) is 30.1 Å². The standard InChI is InChI=1S/C19H16N2O3/c1-20-15-5-3-2-4-14(15)18-16(20)10-11-17(22)21(18)13-8-6-12(7-9-13)19(23)24/h2-11,16,18H,1H3,(H,23,24). The molecule has 0 spiro atoms. The van der Waals surface area contributed by atoms with Crippen molar-refractivity contribution in [2.24, 2.45) is 0 Å². The highest BCUT2D eigenvalue weighted by Crippen LogP contribution is 2.45. The number of carboxylic acids is 1. The van der Waals surface area contributed by atoms with Gasteiger partial charge in [-0.2, -0.15) is 0 Å². The van der Waals surface area contributed by atoms with E-state index in [4.69, 9.17) is 5.11 Å². The maximum atomic E-state index is 12.6. The molecular weight excluding hydrogens is 304 g/mol. The highest BCUT2D eigenvalue weighted by Gasteiger charge is 2.43. The Kier molecular flexibility index (Phi) is 3.16. The highest BCUT2D eigenvalue weighted by atomic mass is 16.4. The van der Waals surface area contributed by atoms with Crippen LogP contribution in [0.1, 0.15) is 22.0 Å². The number of carbonyl (C=O) groups excluding carboxylic acids is 1. The van der Waals surface area contributed by atoms with E-state index in [1.165, 1.54) is 12.1 Å². The monoisotopic (exact) mass is 320 g/mol. The van der Waals surface area contributed by atoms with Crippen LogP contribution in [0.2, 0.25) is 0 Å². The molecule has 5 heteroatoms. The first kappa shape index (κ1) is 14.5. The number of carbonyl (C=O) groups is 2. The fourth-order valence-corrected chi connectivity index (χ4v) is 3.59. The van der Waals surface area contributed by atoms with Gasteiger partial charge < -0.3 is 10.0 Å². The molecular formula is C19H16N2O3. The third-order valence-electron chi connectivity index (χ3n) is 4.75. The smallest absolute Gasteiger partial charge is 0.335 e. The van der Waals surface area contributed by atoms with E-state index in [0.29, 0.717) is 5.69 Å². The molecule has 0 radical (unpaired) electrons. The molecule has 5 nitrogen and oxygen atoms in total. The number of aromatic carboxylic acids is 1. The molecule has 2 aromatic rings. The van der Waals surface area contributed by atoms with E-state index in [-0.39, 0.29) is 23.6 Å². The molecule has 0 saturated heterocycles. The van der Waals surface area contributed by atoms with Gasteiger partial charge in [0.1, 0.15) is 0 Å². The van der Waals surface area contributed by atoms with E-state index in [1.807, 2.05) is 31.3 Å². The first-order valence-corrected chi connectivity index (χ1v) is 7.74. The van der Waals surface area contributed by atoms with Crippen molar-refractivity contribution in [1.82, 2.24) is 0 Å². The van der Waals surface area contributed by atoms with Gasteiger partial charge in [0.2, 0.25) is 0 Å². The van der Waals surface area contributed by atoms with E-state index in [1.54, 1.807) is 23.1 Å². The Labute approximate surface area is 139 Å². The third kappa shape index (κ3) is 2.01. The van der Waals surface area contributed by atoms with Crippen molar-refractivity contribution >= 4 is 23.3 Å². The average molecular weight is 320 g/mol. The number of benzene rings is 2. The Bertz CT molecular complexity index is 857. The quantitative estimate of drug-likeness (QED) is 0.924. The van der Waals surface area contributed by atoms with Crippen LogP contribution >= 0.6 is 0 Å². The van der Waals surface area contributed by atoms with Gasteiger partial charge in [0.15, 0.2) is 0 Å². The summed E-state index contributed by atoms with van der Waals surface area (Å²) in [5, 5.41) is 9.05. The molecule has 2 unspecified atom stereocenters. The summed E-state index contributed by atoms with van der Waals surface area (Å²) in [6.45, 7) is 0. The summed E-state index contributed by atoms with van der Waals surface area (Å²) in [6, 6.07) is 14.5. The highest BCUT2D eigenvalue weighted by molar-refractivity contribution is 6.04. The number of para-hydroxylation sites is 1. The molecule has 0 aliphatic carbocycles. The first-order chi connectivity index (χ1) is 11.6. The van der Waals surface area contributed by atoms with Gasteiger partial charge in [-0.1, -0.05) is 24.3 Å². The van der Waals surface area contributed by atoms with Gasteiger partial charge in [-0.05, 0) is 30.3 Å². The van der Waals surface area contributed by atoms with Gasteiger partial charge in [-0.25, -0.2) is 4.79 Å². The van der Waals surface area contributed by atoms with E-state index in [9.17, 15) is 9.59 Å². The molecule has 2 aliphatic heterocycles. The maximum absolute atomic E-state index is 12.6. The normalized spacial score (nSPS) is 21.6. The minimum atomic E-state index is -0.977. The Morgan fingerprint density at radius 2 is 1.79 bits per heavy atom. The first-order valence-electron chi connectivity index (χ1n) is 7.74. The zero-order chi connectivity index (χ0) is 16.8. The van der Waals surface area contributed by atoms with E-state index >= 15 is 0 Å². The van der Waals surface area contributed by atoms with E-state index in [0.717, 1.165) is 11.3 Å². The lowest BCUT2D eigenvalue weighted by Gasteiger charge is -2.36. The number of amides is 1. The number of likely N-dealkylation sites (N-methyl/N-ethyl adjacent to an activating group) is 1. The summed E-state index contributed by atoms with van der Waals surface area (Å²) in [6.07, 6.45) is 3.53. The van der Waals surface area contributed by atoms with Crippen molar-refractivity contribution in [3.05, 3.63) is 71.8 Å². The Morgan fingerprint density at radius 1 is 1.08 bits per heavy atom. The Morgan fingerprint density at radius 3 is 2.50 bits per heavy atom. The van der Waals surface area contributed by atoms with Gasteiger partial charge in [0, 0.05) is 30.1 Å². The fourth-order valence-electron chi connectivity index (χ4n) is 3.59. The molecule has 4 rings (SSSR count). The van der Waals surface area contributed by atoms with Gasteiger partial charge in [-0.3, -0.25) is 9.69 Å². The number of carboxylic acid groups (broad SMARTS) is 1. The van der Waals surface area contributed by atoms with Crippen LogP contribution < -0.4 is 9.80 Å². The second kappa shape index (κ2) is 5.23. The lowest BCUT2D eigenvalue weighted by Crippen LogP contribution is -2.44. The summed E-state index contributed by atoms with van der Waals surface area (Å²) in [4.78, 5) is 27.5. The molecule has 2 aliphatic rings. The maximum Gasteiger partial charge on any atom is 0.335 e. The number of fused-ring (bicyclic) bond motifs is 3. The van der Waals surface area contributed by atoms with Crippen molar-refractivity contribution in [3.8, 4) is 0 Å². The zero-order valence-corrected chi connectivity index (χ0v) is 13.1. The number of hydrogen-bond donors (Lipinski definition) is 1. The van der Waals surface area contributed by atoms with Crippen LogP contribution in [0.15, 0.2) is 60.7 Å². The van der Waals surface area contributed by atoms with Crippen molar-refractivity contribution in [2.75, 3.05) is 16.8 Å². The van der Waals surface area contributed by atoms with Crippen LogP contribution in [0.5, 0.6) is 0 Å². The molecule has 24 heavy (non-hydrogen) atoms. The third-order valence-corrected chi connectivity index (χ3v) is 4.75. The van der Waals surface area contributed by atoms with E-state index in [2.05, 4.69) is 11.0 Å². The van der Waals surface area contributed by atoms with Crippen molar-refractivity contribution in [1.29, 1.82) is 0 Å². The van der Waals surface area contributed by atoms with Crippen molar-refractivity contribution < 1.29 is 14.7 Å². The Hall–Kier alpha value is -3.08. The summed E-state index contributed by atoms with van der Waals surface area (Å²) < 4.78 is 0. The summed E-state index contributed by atoms with van der Waals surface area (Å²) in [5.74, 6) is -1.07. The molecule has 0 aromatic heterocycles. The summed E-state index contributed by atoms with van der Waals surface area (Å²) in [7, 11) is 2.02. The van der Waals surface area contributed by atoms with Crippen LogP contribution in [0, 0.1) is 0 Å². The number of rotatable bonds is 2. The molecule has 0 bridgehead atoms. The molecule has 2 heterocycles. The second-order valence-corrected chi connectivity index (χ2v) is 6.02. The molecule has 120 valence electrons. The largest absolute Gasteiger partial charge is 0.478 e. The topological polar surface area (TPSA) is 60.9 Å². The van der Waals surface area contributed by atoms with Crippen LogP contribution in [0.4, 0.5) is 11.4 Å². The van der Waals surface area contributed by atoms with Crippen LogP contribution in [-0.2, 0) is 4.79 Å². The number of anilines is 2. The number of hydrogen-bond acceptors (Lipinski definition) is 3. The molecule has 2 atom stereocenters. The second-order valence-electron chi connectivity index (χ2n) is 6.02. The molecule has 2 aromatic carbocycles. The predicted molar refractivity (Wildman–Crippen MR) is 91.4 cm³/mol. The lowest BCUT2D eigenvalue weighted by atomic mass is 9.97.